The van der Waals surface area contributed by atoms with Gasteiger partial charge in [0, 0.05) is 51.5 Å². The topological polar surface area (TPSA) is 90.9 Å². The number of nitrogens with two attached hydrogens (primary N) is 1. The Kier molecular flexibility index (Phi) is 3.92. The molecule has 1 aliphatic carbocycles. The number of amidine groups is 1. The van der Waals surface area contributed by atoms with E-state index in [2.05, 4.69) is 24.9 Å². The molecule has 1 aromatic rings. The highest BCUT2D eigenvalue weighted by atomic mass is 16.4. The summed E-state index contributed by atoms with van der Waals surface area (Å²) in [6, 6.07) is 1.84. The molecule has 0 radical (unpaired) electrons. The molecule has 1 aromatic heterocycles. The van der Waals surface area contributed by atoms with Crippen molar-refractivity contribution in [2.45, 2.75) is 19.3 Å². The van der Waals surface area contributed by atoms with E-state index in [-0.39, 0.29) is 5.41 Å². The first-order valence-corrected chi connectivity index (χ1v) is 7.42. The van der Waals surface area contributed by atoms with E-state index in [0.717, 1.165) is 38.7 Å². The number of nitrogens with zero attached hydrogens (tertiary/aromatic N) is 5. The van der Waals surface area contributed by atoms with E-state index in [1.165, 1.54) is 12.8 Å². The molecule has 1 saturated heterocycles. The van der Waals surface area contributed by atoms with Crippen LogP contribution in [0.1, 0.15) is 19.3 Å². The maximum absolute atomic E-state index is 8.72. The summed E-state index contributed by atoms with van der Waals surface area (Å²) in [6.45, 7) is 4.95. The van der Waals surface area contributed by atoms with Crippen LogP contribution < -0.4 is 10.6 Å². The minimum atomic E-state index is 0.238. The van der Waals surface area contributed by atoms with Crippen LogP contribution in [0.25, 0.3) is 0 Å². The number of oxime groups is 1. The average molecular weight is 290 g/mol. The Morgan fingerprint density at radius 3 is 2.48 bits per heavy atom. The number of anilines is 1. The SMILES string of the molecule is NC(CC1(CN2CCN(c3ncccn3)CC2)CC1)=NO. The number of rotatable bonds is 5. The third-order valence-corrected chi connectivity index (χ3v) is 4.41. The van der Waals surface area contributed by atoms with Gasteiger partial charge >= 0.3 is 0 Å². The van der Waals surface area contributed by atoms with Crippen molar-refractivity contribution in [3.05, 3.63) is 18.5 Å². The zero-order chi connectivity index (χ0) is 14.7. The molecule has 0 unspecified atom stereocenters. The van der Waals surface area contributed by atoms with E-state index in [0.29, 0.717) is 12.3 Å². The summed E-state index contributed by atoms with van der Waals surface area (Å²) in [7, 11) is 0. The second-order valence-corrected chi connectivity index (χ2v) is 6.08. The molecule has 21 heavy (non-hydrogen) atoms. The van der Waals surface area contributed by atoms with E-state index in [1.54, 1.807) is 12.4 Å². The molecule has 3 N–H and O–H groups in total. The van der Waals surface area contributed by atoms with Gasteiger partial charge in [-0.2, -0.15) is 0 Å². The van der Waals surface area contributed by atoms with Crippen molar-refractivity contribution in [2.24, 2.45) is 16.3 Å². The van der Waals surface area contributed by atoms with Crippen molar-refractivity contribution >= 4 is 11.8 Å². The van der Waals surface area contributed by atoms with Crippen LogP contribution in [-0.2, 0) is 0 Å². The van der Waals surface area contributed by atoms with Crippen molar-refractivity contribution in [2.75, 3.05) is 37.6 Å². The average Bonchev–Trinajstić information content (AvgIpc) is 3.28. The van der Waals surface area contributed by atoms with Crippen molar-refractivity contribution in [1.29, 1.82) is 0 Å². The molecular formula is C14H22N6O. The van der Waals surface area contributed by atoms with E-state index >= 15 is 0 Å². The third-order valence-electron chi connectivity index (χ3n) is 4.41. The molecule has 0 atom stereocenters. The molecule has 7 heteroatoms. The first-order chi connectivity index (χ1) is 10.2. The Hall–Kier alpha value is -1.89. The van der Waals surface area contributed by atoms with Gasteiger partial charge in [-0.15, -0.1) is 0 Å². The molecule has 0 amide bonds. The predicted octanol–water partition coefficient (Wildman–Crippen LogP) is 0.515. The van der Waals surface area contributed by atoms with Gasteiger partial charge in [-0.1, -0.05) is 5.16 Å². The zero-order valence-electron chi connectivity index (χ0n) is 12.1. The molecule has 1 aliphatic heterocycles. The van der Waals surface area contributed by atoms with Crippen LogP contribution in [0.2, 0.25) is 0 Å². The normalized spacial score (nSPS) is 22.3. The first-order valence-electron chi connectivity index (χ1n) is 7.42. The Morgan fingerprint density at radius 2 is 1.90 bits per heavy atom. The standard InChI is InChI=1S/C14H22N6O/c15-12(18-21)10-14(2-3-14)11-19-6-8-20(9-7-19)13-16-4-1-5-17-13/h1,4-5,21H,2-3,6-11H2,(H2,15,18). The summed E-state index contributed by atoms with van der Waals surface area (Å²) in [5.74, 6) is 1.17. The van der Waals surface area contributed by atoms with Gasteiger partial charge in [-0.25, -0.2) is 9.97 Å². The molecule has 2 heterocycles. The van der Waals surface area contributed by atoms with Crippen molar-refractivity contribution in [1.82, 2.24) is 14.9 Å². The Labute approximate surface area is 124 Å². The van der Waals surface area contributed by atoms with E-state index < -0.39 is 0 Å². The molecule has 1 saturated carbocycles. The third kappa shape index (κ3) is 3.41. The molecule has 0 spiro atoms. The van der Waals surface area contributed by atoms with Crippen molar-refractivity contribution in [3.63, 3.8) is 0 Å². The summed E-state index contributed by atoms with van der Waals surface area (Å²) >= 11 is 0. The molecule has 2 fully saturated rings. The van der Waals surface area contributed by atoms with E-state index in [1.807, 2.05) is 6.07 Å². The highest BCUT2D eigenvalue weighted by Gasteiger charge is 2.44. The second kappa shape index (κ2) is 5.85. The largest absolute Gasteiger partial charge is 0.409 e. The number of piperazine rings is 1. The number of hydrogen-bond acceptors (Lipinski definition) is 6. The Balaban J connectivity index is 1.50. The van der Waals surface area contributed by atoms with Crippen LogP contribution in [-0.4, -0.2) is 58.6 Å². The summed E-state index contributed by atoms with van der Waals surface area (Å²) in [5, 5.41) is 11.8. The van der Waals surface area contributed by atoms with Gasteiger partial charge in [0.25, 0.3) is 0 Å². The first kappa shape index (κ1) is 14.1. The van der Waals surface area contributed by atoms with Gasteiger partial charge in [0.05, 0.1) is 0 Å². The fourth-order valence-corrected chi connectivity index (χ4v) is 3.02. The van der Waals surface area contributed by atoms with Crippen LogP contribution in [0.15, 0.2) is 23.6 Å². The van der Waals surface area contributed by atoms with Crippen molar-refractivity contribution in [3.8, 4) is 0 Å². The maximum Gasteiger partial charge on any atom is 0.225 e. The number of aromatic nitrogens is 2. The second-order valence-electron chi connectivity index (χ2n) is 6.08. The van der Waals surface area contributed by atoms with Gasteiger partial charge in [-0.3, -0.25) is 4.90 Å². The molecule has 0 bridgehead atoms. The summed E-state index contributed by atoms with van der Waals surface area (Å²) in [6.07, 6.45) is 6.61. The summed E-state index contributed by atoms with van der Waals surface area (Å²) in [5.41, 5.74) is 5.90. The lowest BCUT2D eigenvalue weighted by Gasteiger charge is -2.36. The minimum Gasteiger partial charge on any atom is -0.409 e. The smallest absolute Gasteiger partial charge is 0.225 e. The van der Waals surface area contributed by atoms with Crippen molar-refractivity contribution < 1.29 is 5.21 Å². The van der Waals surface area contributed by atoms with Crippen LogP contribution in [0.4, 0.5) is 5.95 Å². The van der Waals surface area contributed by atoms with Crippen LogP contribution in [0.3, 0.4) is 0 Å². The van der Waals surface area contributed by atoms with Gasteiger partial charge < -0.3 is 15.8 Å². The quantitative estimate of drug-likeness (QED) is 0.355. The van der Waals surface area contributed by atoms with Crippen LogP contribution in [0.5, 0.6) is 0 Å². The molecule has 3 rings (SSSR count). The van der Waals surface area contributed by atoms with E-state index in [9.17, 15) is 0 Å². The zero-order valence-corrected chi connectivity index (χ0v) is 12.1. The monoisotopic (exact) mass is 290 g/mol. The van der Waals surface area contributed by atoms with Crippen LogP contribution >= 0.6 is 0 Å². The lowest BCUT2D eigenvalue weighted by molar-refractivity contribution is 0.208. The fraction of sp³-hybridized carbons (Fsp3) is 0.643. The lowest BCUT2D eigenvalue weighted by atomic mass is 10.0. The molecule has 114 valence electrons. The molecular weight excluding hydrogens is 268 g/mol. The lowest BCUT2D eigenvalue weighted by Crippen LogP contribution is -2.48. The van der Waals surface area contributed by atoms with E-state index in [4.69, 9.17) is 10.9 Å². The highest BCUT2D eigenvalue weighted by Crippen LogP contribution is 2.49. The highest BCUT2D eigenvalue weighted by molar-refractivity contribution is 5.80. The Bertz CT molecular complexity index is 493. The van der Waals surface area contributed by atoms with Gasteiger partial charge in [0.15, 0.2) is 0 Å². The summed E-state index contributed by atoms with van der Waals surface area (Å²) in [4.78, 5) is 13.3. The van der Waals surface area contributed by atoms with Crippen LogP contribution in [0, 0.1) is 5.41 Å². The molecule has 0 aromatic carbocycles. The predicted molar refractivity (Wildman–Crippen MR) is 80.4 cm³/mol. The van der Waals surface area contributed by atoms with Gasteiger partial charge in [-0.05, 0) is 24.3 Å². The molecule has 2 aliphatic rings. The Morgan fingerprint density at radius 1 is 1.24 bits per heavy atom. The number of hydrogen-bond donors (Lipinski definition) is 2. The fourth-order valence-electron chi connectivity index (χ4n) is 3.02. The molecule has 7 nitrogen and oxygen atoms in total. The van der Waals surface area contributed by atoms with Gasteiger partial charge in [0.2, 0.25) is 5.95 Å². The minimum absolute atomic E-state index is 0.238. The van der Waals surface area contributed by atoms with Gasteiger partial charge in [0.1, 0.15) is 5.84 Å². The summed E-state index contributed by atoms with van der Waals surface area (Å²) < 4.78 is 0. The maximum atomic E-state index is 8.72.